The molecule has 0 saturated heterocycles. The number of phenols is 2. The van der Waals surface area contributed by atoms with Crippen molar-refractivity contribution < 1.29 is 24.9 Å². The standard InChI is InChI=1S/C32H54O5/c1-2-3-4-5-6-7-8-9-10-11-12-13-14-15-16-17-18-19-20-21-22-23-32(36)31(35)26-28-29(34)24-27(33)25-30(28)37-32/h24-25,33-34,36H,2-23,26H2,1H3. The highest BCUT2D eigenvalue weighted by Gasteiger charge is 2.42. The van der Waals surface area contributed by atoms with Gasteiger partial charge in [0.2, 0.25) is 5.78 Å². The minimum atomic E-state index is -1.86. The van der Waals surface area contributed by atoms with Crippen LogP contribution in [0.2, 0.25) is 0 Å². The van der Waals surface area contributed by atoms with Crippen molar-refractivity contribution in [2.75, 3.05) is 0 Å². The van der Waals surface area contributed by atoms with Crippen LogP contribution in [0.25, 0.3) is 0 Å². The maximum atomic E-state index is 12.4. The molecular formula is C32H54O5. The van der Waals surface area contributed by atoms with E-state index in [9.17, 15) is 20.1 Å². The van der Waals surface area contributed by atoms with Gasteiger partial charge in [-0.3, -0.25) is 4.79 Å². The molecule has 1 aliphatic rings. The molecule has 1 unspecified atom stereocenters. The zero-order valence-corrected chi connectivity index (χ0v) is 23.6. The molecule has 1 aromatic rings. The number of carbonyl (C=O) groups excluding carboxylic acids is 1. The molecule has 0 fully saturated rings. The van der Waals surface area contributed by atoms with Crippen LogP contribution < -0.4 is 4.74 Å². The van der Waals surface area contributed by atoms with Gasteiger partial charge in [0.05, 0.1) is 0 Å². The fourth-order valence-corrected chi connectivity index (χ4v) is 5.41. The predicted octanol–water partition coefficient (Wildman–Crippen LogP) is 8.89. The van der Waals surface area contributed by atoms with Crippen LogP contribution >= 0.6 is 0 Å². The van der Waals surface area contributed by atoms with Gasteiger partial charge in [-0.2, -0.15) is 0 Å². The van der Waals surface area contributed by atoms with Gasteiger partial charge in [-0.25, -0.2) is 0 Å². The molecule has 0 bridgehead atoms. The second kappa shape index (κ2) is 18.5. The molecule has 2 rings (SSSR count). The Balaban J connectivity index is 1.36. The van der Waals surface area contributed by atoms with Crippen molar-refractivity contribution in [3.63, 3.8) is 0 Å². The van der Waals surface area contributed by atoms with Crippen LogP contribution in [-0.4, -0.2) is 26.9 Å². The zero-order valence-electron chi connectivity index (χ0n) is 23.6. The molecule has 0 aliphatic carbocycles. The first kappa shape index (κ1) is 31.5. The first-order chi connectivity index (χ1) is 18.0. The number of aliphatic hydroxyl groups is 1. The van der Waals surface area contributed by atoms with E-state index >= 15 is 0 Å². The molecule has 1 atom stereocenters. The molecule has 0 amide bonds. The monoisotopic (exact) mass is 518 g/mol. The van der Waals surface area contributed by atoms with Gasteiger partial charge in [-0.1, -0.05) is 135 Å². The van der Waals surface area contributed by atoms with Crippen LogP contribution in [0.4, 0.5) is 0 Å². The summed E-state index contributed by atoms with van der Waals surface area (Å²) >= 11 is 0. The van der Waals surface area contributed by atoms with E-state index in [1.165, 1.54) is 128 Å². The average Bonchev–Trinajstić information content (AvgIpc) is 2.86. The van der Waals surface area contributed by atoms with Crippen molar-refractivity contribution in [2.24, 2.45) is 0 Å². The van der Waals surface area contributed by atoms with E-state index in [0.29, 0.717) is 12.0 Å². The van der Waals surface area contributed by atoms with Crippen LogP contribution in [0.15, 0.2) is 12.1 Å². The largest absolute Gasteiger partial charge is 0.508 e. The van der Waals surface area contributed by atoms with Crippen molar-refractivity contribution in [3.8, 4) is 17.2 Å². The Morgan fingerprint density at radius 3 is 1.51 bits per heavy atom. The number of aromatic hydroxyl groups is 2. The third kappa shape index (κ3) is 12.6. The molecule has 212 valence electrons. The average molecular weight is 519 g/mol. The fraction of sp³-hybridized carbons (Fsp3) is 0.781. The SMILES string of the molecule is CCCCCCCCCCCCCCCCCCCCCCCC1(O)Oc2cc(O)cc(O)c2CC1=O. The molecule has 5 heteroatoms. The molecule has 0 radical (unpaired) electrons. The number of benzene rings is 1. The smallest absolute Gasteiger partial charge is 0.268 e. The highest BCUT2D eigenvalue weighted by atomic mass is 16.6. The Morgan fingerprint density at radius 2 is 1.08 bits per heavy atom. The number of hydrogen-bond donors (Lipinski definition) is 3. The van der Waals surface area contributed by atoms with Crippen molar-refractivity contribution in [1.29, 1.82) is 0 Å². The lowest BCUT2D eigenvalue weighted by Crippen LogP contribution is -2.48. The minimum absolute atomic E-state index is 0.0861. The fourth-order valence-electron chi connectivity index (χ4n) is 5.41. The zero-order chi connectivity index (χ0) is 26.8. The Kier molecular flexibility index (Phi) is 15.7. The van der Waals surface area contributed by atoms with Gasteiger partial charge in [0.15, 0.2) is 0 Å². The van der Waals surface area contributed by atoms with Gasteiger partial charge in [-0.05, 0) is 6.42 Å². The molecule has 0 aromatic heterocycles. The van der Waals surface area contributed by atoms with E-state index in [2.05, 4.69) is 6.92 Å². The second-order valence-corrected chi connectivity index (χ2v) is 11.2. The quantitative estimate of drug-likeness (QED) is 0.133. The summed E-state index contributed by atoms with van der Waals surface area (Å²) in [4.78, 5) is 12.4. The number of rotatable bonds is 22. The number of Topliss-reactive ketones (excluding diaryl/α,β-unsaturated/α-hetero) is 1. The summed E-state index contributed by atoms with van der Waals surface area (Å²) in [5.74, 6) is -2.44. The van der Waals surface area contributed by atoms with Crippen LogP contribution in [-0.2, 0) is 11.2 Å². The van der Waals surface area contributed by atoms with E-state index in [0.717, 1.165) is 12.8 Å². The lowest BCUT2D eigenvalue weighted by atomic mass is 9.93. The molecule has 0 spiro atoms. The number of hydrogen-bond acceptors (Lipinski definition) is 5. The number of fused-ring (bicyclic) bond motifs is 1. The third-order valence-corrected chi connectivity index (χ3v) is 7.84. The molecular weight excluding hydrogens is 464 g/mol. The number of ketones is 1. The van der Waals surface area contributed by atoms with Gasteiger partial charge >= 0.3 is 0 Å². The van der Waals surface area contributed by atoms with Gasteiger partial charge < -0.3 is 20.1 Å². The lowest BCUT2D eigenvalue weighted by Gasteiger charge is -2.33. The van der Waals surface area contributed by atoms with Crippen LogP contribution in [0, 0.1) is 0 Å². The summed E-state index contributed by atoms with van der Waals surface area (Å²) in [7, 11) is 0. The van der Waals surface area contributed by atoms with Crippen molar-refractivity contribution in [3.05, 3.63) is 17.7 Å². The minimum Gasteiger partial charge on any atom is -0.508 e. The van der Waals surface area contributed by atoms with Crippen molar-refractivity contribution in [2.45, 2.75) is 160 Å². The Hall–Kier alpha value is -1.75. The van der Waals surface area contributed by atoms with Gasteiger partial charge in [0.1, 0.15) is 17.2 Å². The Bertz CT molecular complexity index is 762. The predicted molar refractivity (Wildman–Crippen MR) is 151 cm³/mol. The molecule has 37 heavy (non-hydrogen) atoms. The van der Waals surface area contributed by atoms with Crippen LogP contribution in [0.1, 0.15) is 154 Å². The maximum absolute atomic E-state index is 12.4. The summed E-state index contributed by atoms with van der Waals surface area (Å²) in [5.41, 5.74) is 0.325. The first-order valence-electron chi connectivity index (χ1n) is 15.5. The van der Waals surface area contributed by atoms with E-state index in [1.807, 2.05) is 0 Å². The van der Waals surface area contributed by atoms with E-state index < -0.39 is 11.6 Å². The number of ether oxygens (including phenoxy) is 1. The van der Waals surface area contributed by atoms with Gasteiger partial charge in [-0.15, -0.1) is 0 Å². The van der Waals surface area contributed by atoms with Crippen molar-refractivity contribution in [1.82, 2.24) is 0 Å². The molecule has 1 aromatic carbocycles. The number of carbonyl (C=O) groups is 1. The van der Waals surface area contributed by atoms with E-state index in [1.54, 1.807) is 0 Å². The highest BCUT2D eigenvalue weighted by Crippen LogP contribution is 2.40. The molecule has 1 aliphatic heterocycles. The molecule has 1 heterocycles. The van der Waals surface area contributed by atoms with E-state index in [4.69, 9.17) is 4.74 Å². The van der Waals surface area contributed by atoms with Crippen LogP contribution in [0.3, 0.4) is 0 Å². The Morgan fingerprint density at radius 1 is 0.676 bits per heavy atom. The summed E-state index contributed by atoms with van der Waals surface area (Å²) in [6.45, 7) is 2.28. The van der Waals surface area contributed by atoms with E-state index in [-0.39, 0.29) is 30.1 Å². The summed E-state index contributed by atoms with van der Waals surface area (Å²) in [6, 6.07) is 2.52. The topological polar surface area (TPSA) is 87.0 Å². The molecule has 5 nitrogen and oxygen atoms in total. The first-order valence-corrected chi connectivity index (χ1v) is 15.5. The summed E-state index contributed by atoms with van der Waals surface area (Å²) in [6.07, 6.45) is 27.7. The number of unbranched alkanes of at least 4 members (excludes halogenated alkanes) is 20. The Labute approximate surface area is 226 Å². The van der Waals surface area contributed by atoms with Crippen molar-refractivity contribution >= 4 is 5.78 Å². The molecule has 0 saturated carbocycles. The highest BCUT2D eigenvalue weighted by molar-refractivity contribution is 5.90. The molecule has 3 N–H and O–H groups in total. The second-order valence-electron chi connectivity index (χ2n) is 11.2. The van der Waals surface area contributed by atoms with Crippen LogP contribution in [0.5, 0.6) is 17.2 Å². The maximum Gasteiger partial charge on any atom is 0.268 e. The number of phenolic OH excluding ortho intramolecular Hbond substituents is 2. The van der Waals surface area contributed by atoms with Gasteiger partial charge in [0.25, 0.3) is 5.79 Å². The lowest BCUT2D eigenvalue weighted by molar-refractivity contribution is -0.178. The third-order valence-electron chi connectivity index (χ3n) is 7.84. The summed E-state index contributed by atoms with van der Waals surface area (Å²) in [5, 5.41) is 30.3. The van der Waals surface area contributed by atoms with Gasteiger partial charge in [0, 0.05) is 30.5 Å². The summed E-state index contributed by atoms with van der Waals surface area (Å²) < 4.78 is 5.52. The normalized spacial score (nSPS) is 17.1.